The Morgan fingerprint density at radius 2 is 2.35 bits per heavy atom. The fourth-order valence-electron chi connectivity index (χ4n) is 1.76. The molecule has 0 aliphatic carbocycles. The Hall–Kier alpha value is -1.88. The van der Waals surface area contributed by atoms with E-state index in [-0.39, 0.29) is 12.5 Å². The summed E-state index contributed by atoms with van der Waals surface area (Å²) < 4.78 is 1.98. The molecule has 1 amide bonds. The van der Waals surface area contributed by atoms with E-state index in [4.69, 9.17) is 5.73 Å². The van der Waals surface area contributed by atoms with Crippen molar-refractivity contribution in [1.29, 1.82) is 0 Å². The maximum atomic E-state index is 11.0. The lowest BCUT2D eigenvalue weighted by atomic mass is 10.1. The van der Waals surface area contributed by atoms with Crippen molar-refractivity contribution in [3.63, 3.8) is 0 Å². The molecule has 0 atom stereocenters. The smallest absolute Gasteiger partial charge is 0.233 e. The maximum absolute atomic E-state index is 11.0. The number of nitrogens with one attached hydrogen (secondary N) is 1. The number of nitrogens with two attached hydrogens (primary N) is 1. The van der Waals surface area contributed by atoms with Gasteiger partial charge in [-0.1, -0.05) is 6.07 Å². The summed E-state index contributed by atoms with van der Waals surface area (Å²) in [5.41, 5.74) is 8.46. The molecule has 2 rings (SSSR count). The van der Waals surface area contributed by atoms with Crippen molar-refractivity contribution in [3.8, 4) is 0 Å². The average molecular weight is 232 g/mol. The van der Waals surface area contributed by atoms with Crippen molar-refractivity contribution >= 4 is 16.9 Å². The summed E-state index contributed by atoms with van der Waals surface area (Å²) in [7, 11) is 1.97. The monoisotopic (exact) mass is 232 g/mol. The van der Waals surface area contributed by atoms with Crippen molar-refractivity contribution in [1.82, 2.24) is 14.9 Å². The molecule has 1 aromatic carbocycles. The minimum Gasteiger partial charge on any atom is -0.355 e. The minimum atomic E-state index is -0.121. The summed E-state index contributed by atoms with van der Waals surface area (Å²) in [6, 6.07) is 6.14. The quantitative estimate of drug-likeness (QED) is 0.790. The SMILES string of the molecule is Cn1cnc2cc(CCNC(=O)CN)ccc21. The Labute approximate surface area is 99.6 Å². The lowest BCUT2D eigenvalue weighted by Gasteiger charge is -2.04. The van der Waals surface area contributed by atoms with E-state index in [1.807, 2.05) is 23.7 Å². The first-order valence-electron chi connectivity index (χ1n) is 5.57. The number of aromatic nitrogens is 2. The standard InChI is InChI=1S/C12H16N4O/c1-16-8-15-10-6-9(2-3-11(10)16)4-5-14-12(17)7-13/h2-3,6,8H,4-5,7,13H2,1H3,(H,14,17). The minimum absolute atomic E-state index is 0.0409. The highest BCUT2D eigenvalue weighted by molar-refractivity contribution is 5.78. The molecule has 0 unspecified atom stereocenters. The van der Waals surface area contributed by atoms with Crippen molar-refractivity contribution in [2.24, 2.45) is 12.8 Å². The second-order valence-electron chi connectivity index (χ2n) is 3.98. The third-order valence-corrected chi connectivity index (χ3v) is 2.71. The first-order valence-corrected chi connectivity index (χ1v) is 5.57. The first-order chi connectivity index (χ1) is 8.20. The normalized spacial score (nSPS) is 10.7. The number of hydrogen-bond acceptors (Lipinski definition) is 3. The molecule has 0 saturated carbocycles. The van der Waals surface area contributed by atoms with E-state index in [0.717, 1.165) is 23.0 Å². The van der Waals surface area contributed by atoms with Gasteiger partial charge in [-0.25, -0.2) is 4.98 Å². The van der Waals surface area contributed by atoms with Crippen LogP contribution in [0.5, 0.6) is 0 Å². The molecule has 2 aromatic rings. The van der Waals surface area contributed by atoms with Gasteiger partial charge in [-0.3, -0.25) is 4.79 Å². The number of rotatable bonds is 4. The summed E-state index contributed by atoms with van der Waals surface area (Å²) in [6.07, 6.45) is 2.59. The number of amides is 1. The summed E-state index contributed by atoms with van der Waals surface area (Å²) in [5, 5.41) is 2.74. The van der Waals surface area contributed by atoms with Gasteiger partial charge in [-0.05, 0) is 24.1 Å². The van der Waals surface area contributed by atoms with Gasteiger partial charge in [0.05, 0.1) is 23.9 Å². The van der Waals surface area contributed by atoms with Crippen LogP contribution < -0.4 is 11.1 Å². The van der Waals surface area contributed by atoms with Crippen LogP contribution in [0.4, 0.5) is 0 Å². The zero-order chi connectivity index (χ0) is 12.3. The van der Waals surface area contributed by atoms with E-state index in [1.54, 1.807) is 6.33 Å². The molecule has 5 nitrogen and oxygen atoms in total. The van der Waals surface area contributed by atoms with Crippen LogP contribution in [0.1, 0.15) is 5.56 Å². The molecule has 0 bridgehead atoms. The highest BCUT2D eigenvalue weighted by Crippen LogP contribution is 2.13. The second kappa shape index (κ2) is 4.97. The van der Waals surface area contributed by atoms with Crippen LogP contribution in [-0.4, -0.2) is 28.5 Å². The second-order valence-corrected chi connectivity index (χ2v) is 3.98. The Balaban J connectivity index is 2.02. The van der Waals surface area contributed by atoms with Crippen LogP contribution in [0.25, 0.3) is 11.0 Å². The van der Waals surface area contributed by atoms with E-state index in [0.29, 0.717) is 6.54 Å². The number of carbonyl (C=O) groups excluding carboxylic acids is 1. The number of hydrogen-bond donors (Lipinski definition) is 2. The first kappa shape index (κ1) is 11.6. The molecule has 1 aromatic heterocycles. The number of carbonyl (C=O) groups is 1. The van der Waals surface area contributed by atoms with Crippen LogP contribution in [-0.2, 0) is 18.3 Å². The zero-order valence-corrected chi connectivity index (χ0v) is 9.81. The molecule has 5 heteroatoms. The summed E-state index contributed by atoms with van der Waals surface area (Å²) in [5.74, 6) is -0.121. The molecule has 1 heterocycles. The van der Waals surface area contributed by atoms with Gasteiger partial charge in [0.25, 0.3) is 0 Å². The van der Waals surface area contributed by atoms with Crippen molar-refractivity contribution in [3.05, 3.63) is 30.1 Å². The zero-order valence-electron chi connectivity index (χ0n) is 9.81. The molecule has 0 aliphatic heterocycles. The highest BCUT2D eigenvalue weighted by atomic mass is 16.1. The lowest BCUT2D eigenvalue weighted by Crippen LogP contribution is -2.31. The summed E-state index contributed by atoms with van der Waals surface area (Å²) >= 11 is 0. The van der Waals surface area contributed by atoms with Gasteiger partial charge in [0.15, 0.2) is 0 Å². The summed E-state index contributed by atoms with van der Waals surface area (Å²) in [6.45, 7) is 0.646. The fraction of sp³-hybridized carbons (Fsp3) is 0.333. The molecular formula is C12H16N4O. The van der Waals surface area contributed by atoms with E-state index in [1.165, 1.54) is 0 Å². The largest absolute Gasteiger partial charge is 0.355 e. The van der Waals surface area contributed by atoms with Gasteiger partial charge >= 0.3 is 0 Å². The molecule has 17 heavy (non-hydrogen) atoms. The Kier molecular flexibility index (Phi) is 3.39. The predicted octanol–water partition coefficient (Wildman–Crippen LogP) is 0.191. The van der Waals surface area contributed by atoms with Crippen LogP contribution in [0, 0.1) is 0 Å². The van der Waals surface area contributed by atoms with Gasteiger partial charge in [0, 0.05) is 13.6 Å². The van der Waals surface area contributed by atoms with Crippen molar-refractivity contribution in [2.45, 2.75) is 6.42 Å². The van der Waals surface area contributed by atoms with Crippen molar-refractivity contribution in [2.75, 3.05) is 13.1 Å². The highest BCUT2D eigenvalue weighted by Gasteiger charge is 2.02. The number of imidazole rings is 1. The molecular weight excluding hydrogens is 216 g/mol. The van der Waals surface area contributed by atoms with E-state index < -0.39 is 0 Å². The number of aryl methyl sites for hydroxylation is 1. The predicted molar refractivity (Wildman–Crippen MR) is 66.5 cm³/mol. The Bertz CT molecular complexity index is 532. The lowest BCUT2D eigenvalue weighted by molar-refractivity contribution is -0.119. The molecule has 0 fully saturated rings. The topological polar surface area (TPSA) is 72.9 Å². The number of nitrogens with zero attached hydrogens (tertiary/aromatic N) is 2. The van der Waals surface area contributed by atoms with Gasteiger partial charge < -0.3 is 15.6 Å². The number of benzene rings is 1. The van der Waals surface area contributed by atoms with E-state index >= 15 is 0 Å². The third-order valence-electron chi connectivity index (χ3n) is 2.71. The Morgan fingerprint density at radius 3 is 3.12 bits per heavy atom. The molecule has 0 aliphatic rings. The molecule has 90 valence electrons. The molecule has 0 radical (unpaired) electrons. The fourth-order valence-corrected chi connectivity index (χ4v) is 1.76. The van der Waals surface area contributed by atoms with E-state index in [9.17, 15) is 4.79 Å². The van der Waals surface area contributed by atoms with Gasteiger partial charge in [-0.2, -0.15) is 0 Å². The van der Waals surface area contributed by atoms with Gasteiger partial charge in [0.1, 0.15) is 0 Å². The molecule has 0 saturated heterocycles. The van der Waals surface area contributed by atoms with Crippen LogP contribution in [0.2, 0.25) is 0 Å². The van der Waals surface area contributed by atoms with E-state index in [2.05, 4.69) is 16.4 Å². The van der Waals surface area contributed by atoms with Gasteiger partial charge in [0.2, 0.25) is 5.91 Å². The molecule has 0 spiro atoms. The summed E-state index contributed by atoms with van der Waals surface area (Å²) in [4.78, 5) is 15.3. The third kappa shape index (κ3) is 2.62. The van der Waals surface area contributed by atoms with Crippen molar-refractivity contribution < 1.29 is 4.79 Å². The molecule has 3 N–H and O–H groups in total. The Morgan fingerprint density at radius 1 is 1.53 bits per heavy atom. The number of fused-ring (bicyclic) bond motifs is 1. The van der Waals surface area contributed by atoms with Gasteiger partial charge in [-0.15, -0.1) is 0 Å². The van der Waals surface area contributed by atoms with Crippen LogP contribution >= 0.6 is 0 Å². The van der Waals surface area contributed by atoms with Crippen LogP contribution in [0.3, 0.4) is 0 Å². The maximum Gasteiger partial charge on any atom is 0.233 e. The average Bonchev–Trinajstić information content (AvgIpc) is 2.70. The van der Waals surface area contributed by atoms with Crippen LogP contribution in [0.15, 0.2) is 24.5 Å².